The van der Waals surface area contributed by atoms with Crippen molar-refractivity contribution < 1.29 is 0 Å². The van der Waals surface area contributed by atoms with E-state index in [2.05, 4.69) is 9.38 Å². The Hall–Kier alpha value is -1.29. The predicted octanol–water partition coefficient (Wildman–Crippen LogP) is 2.42. The molecule has 2 aromatic rings. The second kappa shape index (κ2) is 3.84. The van der Waals surface area contributed by atoms with Crippen molar-refractivity contribution in [3.63, 3.8) is 0 Å². The Labute approximate surface area is 87.0 Å². The molecule has 0 N–H and O–H groups in total. The van der Waals surface area contributed by atoms with Gasteiger partial charge in [-0.05, 0) is 31.0 Å². The normalized spacial score (nSPS) is 12.3. The summed E-state index contributed by atoms with van der Waals surface area (Å²) in [7, 11) is 0. The molecule has 0 aromatic carbocycles. The fraction of sp³-hybridized carbons (Fsp3) is 0.200. The maximum Gasteiger partial charge on any atom is 0.136 e. The lowest BCUT2D eigenvalue weighted by molar-refractivity contribution is 1.18. The molecule has 0 aliphatic heterocycles. The maximum absolute atomic E-state index is 4.29. The third-order valence-corrected chi connectivity index (χ3v) is 2.49. The lowest BCUT2D eigenvalue weighted by Gasteiger charge is -2.00. The van der Waals surface area contributed by atoms with Crippen LogP contribution in [0.2, 0.25) is 0 Å². The fourth-order valence-electron chi connectivity index (χ4n) is 1.32. The van der Waals surface area contributed by atoms with Crippen LogP contribution in [0.4, 0.5) is 0 Å². The molecule has 0 saturated carbocycles. The predicted molar refractivity (Wildman–Crippen MR) is 60.9 cm³/mol. The van der Waals surface area contributed by atoms with Crippen molar-refractivity contribution in [2.24, 2.45) is 4.40 Å². The summed E-state index contributed by atoms with van der Waals surface area (Å²) in [6.45, 7) is 2.01. The fourth-order valence-corrected chi connectivity index (χ4v) is 1.70. The number of rotatable bonds is 2. The number of fused-ring (bicyclic) bond motifs is 1. The van der Waals surface area contributed by atoms with Gasteiger partial charge in [0.25, 0.3) is 0 Å². The first kappa shape index (κ1) is 9.27. The highest BCUT2D eigenvalue weighted by molar-refractivity contribution is 7.97. The molecule has 0 atom stereocenters. The lowest BCUT2D eigenvalue weighted by atomic mass is 10.2. The van der Waals surface area contributed by atoms with E-state index < -0.39 is 0 Å². The van der Waals surface area contributed by atoms with Crippen LogP contribution in [0.5, 0.6) is 0 Å². The molecule has 0 amide bonds. The van der Waals surface area contributed by atoms with E-state index in [0.29, 0.717) is 0 Å². The van der Waals surface area contributed by atoms with Crippen LogP contribution in [0.15, 0.2) is 35.1 Å². The molecule has 2 rings (SSSR count). The van der Waals surface area contributed by atoms with Crippen molar-refractivity contribution in [3.8, 4) is 0 Å². The van der Waals surface area contributed by atoms with Crippen LogP contribution in [-0.2, 0) is 0 Å². The van der Waals surface area contributed by atoms with Gasteiger partial charge in [0, 0.05) is 30.4 Å². The summed E-state index contributed by atoms with van der Waals surface area (Å²) in [6.07, 6.45) is 7.72. The van der Waals surface area contributed by atoms with Gasteiger partial charge in [-0.1, -0.05) is 0 Å². The molecule has 0 aliphatic carbocycles. The summed E-state index contributed by atoms with van der Waals surface area (Å²) in [5.41, 5.74) is 3.13. The molecular weight excluding hydrogens is 194 g/mol. The highest BCUT2D eigenvalue weighted by atomic mass is 32.2. The second-order valence-electron chi connectivity index (χ2n) is 2.97. The molecule has 0 unspecified atom stereocenters. The first-order chi connectivity index (χ1) is 6.81. The summed E-state index contributed by atoms with van der Waals surface area (Å²) in [6, 6.07) is 4.03. The van der Waals surface area contributed by atoms with Gasteiger partial charge in [0.05, 0.1) is 5.71 Å². The maximum atomic E-state index is 4.29. The minimum absolute atomic E-state index is 0.964. The van der Waals surface area contributed by atoms with E-state index in [1.54, 1.807) is 6.20 Å². The van der Waals surface area contributed by atoms with E-state index in [0.717, 1.165) is 16.9 Å². The largest absolute Gasteiger partial charge is 0.306 e. The molecule has 2 aromatic heterocycles. The Morgan fingerprint density at radius 1 is 1.50 bits per heavy atom. The summed E-state index contributed by atoms with van der Waals surface area (Å²) in [4.78, 5) is 4.18. The summed E-state index contributed by atoms with van der Waals surface area (Å²) in [5.74, 6) is 0. The average Bonchev–Trinajstić information content (AvgIpc) is 2.64. The van der Waals surface area contributed by atoms with Gasteiger partial charge >= 0.3 is 0 Å². The van der Waals surface area contributed by atoms with Crippen molar-refractivity contribution in [2.45, 2.75) is 6.92 Å². The highest BCUT2D eigenvalue weighted by Gasteiger charge is 1.99. The van der Waals surface area contributed by atoms with E-state index in [-0.39, 0.29) is 0 Å². The Kier molecular flexibility index (Phi) is 2.54. The minimum Gasteiger partial charge on any atom is -0.306 e. The van der Waals surface area contributed by atoms with Crippen molar-refractivity contribution in [2.75, 3.05) is 6.26 Å². The van der Waals surface area contributed by atoms with Gasteiger partial charge in [-0.25, -0.2) is 9.38 Å². The van der Waals surface area contributed by atoms with E-state index >= 15 is 0 Å². The molecule has 72 valence electrons. The average molecular weight is 205 g/mol. The van der Waals surface area contributed by atoms with Crippen LogP contribution in [0.1, 0.15) is 12.5 Å². The third-order valence-electron chi connectivity index (χ3n) is 2.03. The van der Waals surface area contributed by atoms with Crippen LogP contribution < -0.4 is 0 Å². The van der Waals surface area contributed by atoms with Gasteiger partial charge in [0.2, 0.25) is 0 Å². The van der Waals surface area contributed by atoms with Crippen molar-refractivity contribution in [1.82, 2.24) is 9.38 Å². The molecule has 0 aliphatic rings. The summed E-state index contributed by atoms with van der Waals surface area (Å²) < 4.78 is 6.28. The first-order valence-electron chi connectivity index (χ1n) is 4.32. The van der Waals surface area contributed by atoms with Crippen molar-refractivity contribution in [1.29, 1.82) is 0 Å². The van der Waals surface area contributed by atoms with Gasteiger partial charge in [-0.15, -0.1) is 0 Å². The van der Waals surface area contributed by atoms with Crippen LogP contribution >= 0.6 is 11.9 Å². The molecule has 0 bridgehead atoms. The number of hydrogen-bond donors (Lipinski definition) is 0. The van der Waals surface area contributed by atoms with Gasteiger partial charge in [0.15, 0.2) is 0 Å². The van der Waals surface area contributed by atoms with Crippen LogP contribution in [0.3, 0.4) is 0 Å². The highest BCUT2D eigenvalue weighted by Crippen LogP contribution is 2.08. The standard InChI is InChI=1S/C10H11N3S/c1-8(12-14-2)9-3-4-10-11-5-6-13(10)7-9/h3-7H,1-2H3/b12-8+. The zero-order valence-electron chi connectivity index (χ0n) is 8.14. The zero-order chi connectivity index (χ0) is 9.97. The zero-order valence-corrected chi connectivity index (χ0v) is 8.95. The smallest absolute Gasteiger partial charge is 0.136 e. The van der Waals surface area contributed by atoms with Crippen molar-refractivity contribution >= 4 is 23.3 Å². The monoisotopic (exact) mass is 205 g/mol. The van der Waals surface area contributed by atoms with Crippen molar-refractivity contribution in [3.05, 3.63) is 36.3 Å². The van der Waals surface area contributed by atoms with Crippen LogP contribution in [0.25, 0.3) is 5.65 Å². The second-order valence-corrected chi connectivity index (χ2v) is 3.52. The summed E-state index contributed by atoms with van der Waals surface area (Å²) in [5, 5.41) is 0. The van der Waals surface area contributed by atoms with Gasteiger partial charge < -0.3 is 4.40 Å². The molecular formula is C10H11N3S. The SMILES string of the molecule is CS/N=C(\C)c1ccc2nccn2c1. The topological polar surface area (TPSA) is 29.7 Å². The number of hydrogen-bond acceptors (Lipinski definition) is 3. The molecule has 0 saturated heterocycles. The molecule has 0 spiro atoms. The number of aromatic nitrogens is 2. The number of imidazole rings is 1. The molecule has 4 heteroatoms. The molecule has 0 fully saturated rings. The summed E-state index contributed by atoms with van der Waals surface area (Å²) >= 11 is 1.48. The molecule has 14 heavy (non-hydrogen) atoms. The van der Waals surface area contributed by atoms with E-state index in [9.17, 15) is 0 Å². The van der Waals surface area contributed by atoms with Gasteiger partial charge in [-0.2, -0.15) is 0 Å². The van der Waals surface area contributed by atoms with Gasteiger partial charge in [0.1, 0.15) is 5.65 Å². The first-order valence-corrected chi connectivity index (χ1v) is 5.50. The third kappa shape index (κ3) is 1.65. The Morgan fingerprint density at radius 2 is 2.36 bits per heavy atom. The molecule has 2 heterocycles. The molecule has 3 nitrogen and oxygen atoms in total. The molecule has 0 radical (unpaired) electrons. The number of pyridine rings is 1. The van der Waals surface area contributed by atoms with E-state index in [4.69, 9.17) is 0 Å². The quantitative estimate of drug-likeness (QED) is 0.556. The Bertz CT molecular complexity index is 473. The Balaban J connectivity index is 2.48. The number of nitrogens with zero attached hydrogens (tertiary/aromatic N) is 3. The minimum atomic E-state index is 0.964. The van der Waals surface area contributed by atoms with Crippen LogP contribution in [-0.4, -0.2) is 21.4 Å². The van der Waals surface area contributed by atoms with E-state index in [1.165, 1.54) is 11.9 Å². The van der Waals surface area contributed by atoms with Gasteiger partial charge in [-0.3, -0.25) is 0 Å². The van der Waals surface area contributed by atoms with E-state index in [1.807, 2.05) is 42.1 Å². The Morgan fingerprint density at radius 3 is 3.14 bits per heavy atom. The van der Waals surface area contributed by atoms with Crippen LogP contribution in [0, 0.1) is 0 Å². The lowest BCUT2D eigenvalue weighted by Crippen LogP contribution is -1.96.